The number of amides is 2. The van der Waals surface area contributed by atoms with Gasteiger partial charge in [0.2, 0.25) is 0 Å². The fraction of sp³-hybridized carbons (Fsp3) is 0.867. The lowest BCUT2D eigenvalue weighted by molar-refractivity contribution is -0.141. The van der Waals surface area contributed by atoms with Crippen molar-refractivity contribution >= 4 is 12.0 Å². The Morgan fingerprint density at radius 3 is 2.25 bits per heavy atom. The van der Waals surface area contributed by atoms with Gasteiger partial charge in [0, 0.05) is 6.04 Å². The Kier molecular flexibility index (Phi) is 5.42. The highest BCUT2D eigenvalue weighted by Crippen LogP contribution is 2.28. The molecule has 0 aromatic rings. The van der Waals surface area contributed by atoms with Crippen molar-refractivity contribution in [1.29, 1.82) is 0 Å². The van der Waals surface area contributed by atoms with Crippen molar-refractivity contribution in [1.82, 2.24) is 10.6 Å². The van der Waals surface area contributed by atoms with Crippen molar-refractivity contribution in [3.63, 3.8) is 0 Å². The molecule has 0 radical (unpaired) electrons. The number of aliphatic carboxylic acids is 1. The molecule has 3 N–H and O–H groups in total. The summed E-state index contributed by atoms with van der Waals surface area (Å²) < 4.78 is 0. The molecule has 5 nitrogen and oxygen atoms in total. The molecule has 1 aliphatic carbocycles. The number of urea groups is 1. The number of hydrogen-bond acceptors (Lipinski definition) is 2. The highest BCUT2D eigenvalue weighted by atomic mass is 16.4. The first kappa shape index (κ1) is 16.8. The maximum Gasteiger partial charge on any atom is 0.326 e. The maximum atomic E-state index is 12.0. The van der Waals surface area contributed by atoms with E-state index >= 15 is 0 Å². The van der Waals surface area contributed by atoms with E-state index in [1.165, 1.54) is 0 Å². The number of carbonyl (C=O) groups excluding carboxylic acids is 1. The summed E-state index contributed by atoms with van der Waals surface area (Å²) in [6, 6.07) is -1.13. The van der Waals surface area contributed by atoms with Gasteiger partial charge in [0.05, 0.1) is 0 Å². The minimum absolute atomic E-state index is 0.139. The largest absolute Gasteiger partial charge is 0.480 e. The van der Waals surface area contributed by atoms with Crippen LogP contribution in [0.1, 0.15) is 53.9 Å². The number of carbonyl (C=O) groups is 2. The summed E-state index contributed by atoms with van der Waals surface area (Å²) in [6.07, 6.45) is 3.17. The topological polar surface area (TPSA) is 78.4 Å². The smallest absolute Gasteiger partial charge is 0.326 e. The van der Waals surface area contributed by atoms with Gasteiger partial charge in [-0.1, -0.05) is 34.6 Å². The van der Waals surface area contributed by atoms with Gasteiger partial charge in [-0.15, -0.1) is 0 Å². The summed E-state index contributed by atoms with van der Waals surface area (Å²) in [5.41, 5.74) is -0.518. The third kappa shape index (κ3) is 4.69. The number of carboxylic acids is 1. The number of carboxylic acid groups (broad SMARTS) is 1. The lowest BCUT2D eigenvalue weighted by Gasteiger charge is -2.34. The standard InChI is InChI=1S/C15H28N2O3/c1-9-6-7-11(10(2)8-9)16-14(20)17-12(13(18)19)15(3,4)5/h9-12H,6-8H2,1-5H3,(H,18,19)(H2,16,17,20)/t9?,10?,11?,12-/m0/s1. The molecule has 3 unspecified atom stereocenters. The van der Waals surface area contributed by atoms with Crippen LogP contribution in [-0.4, -0.2) is 29.2 Å². The van der Waals surface area contributed by atoms with Crippen LogP contribution >= 0.6 is 0 Å². The van der Waals surface area contributed by atoms with Crippen molar-refractivity contribution in [3.05, 3.63) is 0 Å². The highest BCUT2D eigenvalue weighted by molar-refractivity contribution is 5.83. The normalized spacial score (nSPS) is 28.6. The van der Waals surface area contributed by atoms with Crippen LogP contribution in [0.4, 0.5) is 4.79 Å². The molecule has 0 aliphatic heterocycles. The van der Waals surface area contributed by atoms with Crippen LogP contribution in [0.25, 0.3) is 0 Å². The van der Waals surface area contributed by atoms with Crippen LogP contribution in [-0.2, 0) is 4.79 Å². The summed E-state index contributed by atoms with van der Waals surface area (Å²) in [4.78, 5) is 23.3. The van der Waals surface area contributed by atoms with Gasteiger partial charge in [-0.25, -0.2) is 9.59 Å². The lowest BCUT2D eigenvalue weighted by Crippen LogP contribution is -2.55. The van der Waals surface area contributed by atoms with E-state index in [0.717, 1.165) is 19.3 Å². The summed E-state index contributed by atoms with van der Waals surface area (Å²) in [5, 5.41) is 14.7. The van der Waals surface area contributed by atoms with Crippen LogP contribution in [0, 0.1) is 17.3 Å². The molecule has 116 valence electrons. The number of hydrogen-bond donors (Lipinski definition) is 3. The quantitative estimate of drug-likeness (QED) is 0.745. The van der Waals surface area contributed by atoms with Crippen LogP contribution in [0.2, 0.25) is 0 Å². The zero-order valence-corrected chi connectivity index (χ0v) is 13.2. The molecule has 4 atom stereocenters. The molecule has 0 aromatic heterocycles. The first-order valence-electron chi connectivity index (χ1n) is 7.41. The molecule has 0 bridgehead atoms. The second-order valence-electron chi connectivity index (χ2n) is 7.26. The average molecular weight is 284 g/mol. The van der Waals surface area contributed by atoms with E-state index in [9.17, 15) is 14.7 Å². The third-order valence-corrected chi connectivity index (χ3v) is 4.14. The molecular formula is C15H28N2O3. The predicted octanol–water partition coefficient (Wildman–Crippen LogP) is 2.61. The minimum Gasteiger partial charge on any atom is -0.480 e. The van der Waals surface area contributed by atoms with Crippen LogP contribution < -0.4 is 10.6 Å². The summed E-state index contributed by atoms with van der Waals surface area (Å²) in [5.74, 6) is 0.132. The summed E-state index contributed by atoms with van der Waals surface area (Å²) in [7, 11) is 0. The van der Waals surface area contributed by atoms with Crippen LogP contribution in [0.15, 0.2) is 0 Å². The molecule has 0 heterocycles. The van der Waals surface area contributed by atoms with Gasteiger partial charge < -0.3 is 15.7 Å². The lowest BCUT2D eigenvalue weighted by atomic mass is 9.80. The molecular weight excluding hydrogens is 256 g/mol. The SMILES string of the molecule is CC1CCC(NC(=O)N[C@@H](C(=O)O)C(C)(C)C)C(C)C1. The van der Waals surface area contributed by atoms with E-state index in [-0.39, 0.29) is 12.1 Å². The molecule has 0 saturated heterocycles. The van der Waals surface area contributed by atoms with Crippen molar-refractivity contribution in [2.24, 2.45) is 17.3 Å². The number of rotatable bonds is 3. The molecule has 1 saturated carbocycles. The van der Waals surface area contributed by atoms with Gasteiger partial charge in [-0.05, 0) is 36.5 Å². The third-order valence-electron chi connectivity index (χ3n) is 4.14. The van der Waals surface area contributed by atoms with E-state index in [1.54, 1.807) is 20.8 Å². The summed E-state index contributed by atoms with van der Waals surface area (Å²) in [6.45, 7) is 9.77. The van der Waals surface area contributed by atoms with E-state index in [4.69, 9.17) is 0 Å². The Labute approximate surface area is 121 Å². The van der Waals surface area contributed by atoms with Crippen molar-refractivity contribution in [2.75, 3.05) is 0 Å². The van der Waals surface area contributed by atoms with Crippen molar-refractivity contribution in [2.45, 2.75) is 66.0 Å². The monoisotopic (exact) mass is 284 g/mol. The second-order valence-corrected chi connectivity index (χ2v) is 7.26. The van der Waals surface area contributed by atoms with E-state index < -0.39 is 17.4 Å². The minimum atomic E-state index is -1.00. The van der Waals surface area contributed by atoms with Crippen LogP contribution in [0.3, 0.4) is 0 Å². The van der Waals surface area contributed by atoms with Gasteiger partial charge in [0.25, 0.3) is 0 Å². The van der Waals surface area contributed by atoms with Gasteiger partial charge in [-0.2, -0.15) is 0 Å². The van der Waals surface area contributed by atoms with Crippen LogP contribution in [0.5, 0.6) is 0 Å². The molecule has 20 heavy (non-hydrogen) atoms. The molecule has 1 fully saturated rings. The Bertz CT molecular complexity index is 363. The molecule has 0 aromatic carbocycles. The average Bonchev–Trinajstić information content (AvgIpc) is 2.28. The molecule has 1 aliphatic rings. The fourth-order valence-electron chi connectivity index (χ4n) is 2.87. The van der Waals surface area contributed by atoms with Gasteiger partial charge >= 0.3 is 12.0 Å². The molecule has 5 heteroatoms. The predicted molar refractivity (Wildman–Crippen MR) is 78.5 cm³/mol. The number of nitrogens with one attached hydrogen (secondary N) is 2. The second kappa shape index (κ2) is 6.46. The van der Waals surface area contributed by atoms with Gasteiger partial charge in [0.1, 0.15) is 6.04 Å². The zero-order valence-electron chi connectivity index (χ0n) is 13.2. The Hall–Kier alpha value is -1.26. The first-order valence-corrected chi connectivity index (χ1v) is 7.41. The Morgan fingerprint density at radius 1 is 1.20 bits per heavy atom. The molecule has 0 spiro atoms. The zero-order chi connectivity index (χ0) is 15.5. The maximum absolute atomic E-state index is 12.0. The van der Waals surface area contributed by atoms with Gasteiger partial charge in [0.15, 0.2) is 0 Å². The first-order chi connectivity index (χ1) is 9.11. The molecule has 1 rings (SSSR count). The van der Waals surface area contributed by atoms with Crippen molar-refractivity contribution in [3.8, 4) is 0 Å². The molecule has 2 amide bonds. The Morgan fingerprint density at radius 2 is 1.80 bits per heavy atom. The highest BCUT2D eigenvalue weighted by Gasteiger charge is 2.34. The summed E-state index contributed by atoms with van der Waals surface area (Å²) >= 11 is 0. The van der Waals surface area contributed by atoms with Gasteiger partial charge in [-0.3, -0.25) is 0 Å². The fourth-order valence-corrected chi connectivity index (χ4v) is 2.87. The van der Waals surface area contributed by atoms with E-state index in [2.05, 4.69) is 24.5 Å². The Balaban J connectivity index is 2.56. The van der Waals surface area contributed by atoms with E-state index in [0.29, 0.717) is 11.8 Å². The van der Waals surface area contributed by atoms with E-state index in [1.807, 2.05) is 0 Å². The van der Waals surface area contributed by atoms with Crippen molar-refractivity contribution < 1.29 is 14.7 Å².